The van der Waals surface area contributed by atoms with Crippen LogP contribution in [0.15, 0.2) is 95.3 Å². The van der Waals surface area contributed by atoms with Gasteiger partial charge in [-0.05, 0) is 54.5 Å². The zero-order valence-electron chi connectivity index (χ0n) is 13.1. The van der Waals surface area contributed by atoms with Gasteiger partial charge in [0.25, 0.3) is 0 Å². The molecule has 1 aliphatic carbocycles. The van der Waals surface area contributed by atoms with Crippen LogP contribution in [0.2, 0.25) is 0 Å². The van der Waals surface area contributed by atoms with Gasteiger partial charge in [-0.25, -0.2) is 4.99 Å². The Hall–Kier alpha value is -3.07. The minimum Gasteiger partial charge on any atom is -0.397 e. The Labute approximate surface area is 136 Å². The third-order valence-electron chi connectivity index (χ3n) is 3.56. The van der Waals surface area contributed by atoms with Crippen LogP contribution < -0.4 is 11.1 Å². The standard InChI is InChI=1S/C20H19N3/c1-14-7-6-10-17(11-14)23-19-13-20(18(21)12-15(19)2)22-16-8-4-3-5-9-16/h3-13,23H,2,21H2,1H3/b22-20-. The Balaban J connectivity index is 1.92. The monoisotopic (exact) mass is 301 g/mol. The molecule has 0 amide bonds. The van der Waals surface area contributed by atoms with Gasteiger partial charge in [0.05, 0.1) is 17.1 Å². The number of benzene rings is 2. The first kappa shape index (κ1) is 14.9. The fraction of sp³-hybridized carbons (Fsp3) is 0.0500. The average Bonchev–Trinajstić information content (AvgIpc) is 2.53. The van der Waals surface area contributed by atoms with Crippen molar-refractivity contribution >= 4 is 17.1 Å². The summed E-state index contributed by atoms with van der Waals surface area (Å²) in [6.07, 6.45) is 3.78. The fourth-order valence-electron chi connectivity index (χ4n) is 2.39. The first-order valence-corrected chi connectivity index (χ1v) is 7.48. The first-order chi connectivity index (χ1) is 11.1. The van der Waals surface area contributed by atoms with Crippen LogP contribution in [0.4, 0.5) is 11.4 Å². The quantitative estimate of drug-likeness (QED) is 0.878. The van der Waals surface area contributed by atoms with Crippen LogP contribution in [0.5, 0.6) is 0 Å². The number of aryl methyl sites for hydroxylation is 1. The van der Waals surface area contributed by atoms with E-state index in [-0.39, 0.29) is 0 Å². The van der Waals surface area contributed by atoms with Gasteiger partial charge in [0, 0.05) is 11.4 Å². The predicted molar refractivity (Wildman–Crippen MR) is 97.8 cm³/mol. The molecule has 0 aliphatic heterocycles. The van der Waals surface area contributed by atoms with Crippen molar-refractivity contribution in [2.24, 2.45) is 10.7 Å². The maximum Gasteiger partial charge on any atom is 0.0887 e. The van der Waals surface area contributed by atoms with E-state index in [0.29, 0.717) is 5.70 Å². The molecule has 23 heavy (non-hydrogen) atoms. The van der Waals surface area contributed by atoms with Crippen LogP contribution in [0.25, 0.3) is 0 Å². The molecular formula is C20H19N3. The zero-order chi connectivity index (χ0) is 16.2. The molecule has 0 aromatic heterocycles. The van der Waals surface area contributed by atoms with Gasteiger partial charge in [-0.1, -0.05) is 36.9 Å². The number of aliphatic imine (C=N–C) groups is 1. The van der Waals surface area contributed by atoms with E-state index in [9.17, 15) is 0 Å². The van der Waals surface area contributed by atoms with Crippen LogP contribution in [0, 0.1) is 6.92 Å². The summed E-state index contributed by atoms with van der Waals surface area (Å²) in [4.78, 5) is 4.61. The van der Waals surface area contributed by atoms with Gasteiger partial charge < -0.3 is 11.1 Å². The summed E-state index contributed by atoms with van der Waals surface area (Å²) in [6.45, 7) is 6.13. The van der Waals surface area contributed by atoms with Crippen molar-refractivity contribution in [3.05, 3.63) is 95.9 Å². The van der Waals surface area contributed by atoms with Crippen LogP contribution in [-0.2, 0) is 0 Å². The number of rotatable bonds is 3. The van der Waals surface area contributed by atoms with Gasteiger partial charge in [-0.3, -0.25) is 0 Å². The third kappa shape index (κ3) is 3.58. The number of hydrogen-bond donors (Lipinski definition) is 2. The van der Waals surface area contributed by atoms with E-state index in [0.717, 1.165) is 28.4 Å². The molecule has 3 heteroatoms. The van der Waals surface area contributed by atoms with Crippen molar-refractivity contribution in [2.75, 3.05) is 5.32 Å². The molecule has 0 saturated carbocycles. The molecule has 0 spiro atoms. The highest BCUT2D eigenvalue weighted by Gasteiger charge is 2.13. The highest BCUT2D eigenvalue weighted by molar-refractivity contribution is 6.11. The van der Waals surface area contributed by atoms with Gasteiger partial charge in [0.1, 0.15) is 0 Å². The van der Waals surface area contributed by atoms with Crippen molar-refractivity contribution in [3.63, 3.8) is 0 Å². The lowest BCUT2D eigenvalue weighted by atomic mass is 10.0. The van der Waals surface area contributed by atoms with Crippen LogP contribution in [0.3, 0.4) is 0 Å². The summed E-state index contributed by atoms with van der Waals surface area (Å²) >= 11 is 0. The Morgan fingerprint density at radius 1 is 1.00 bits per heavy atom. The Morgan fingerprint density at radius 3 is 2.52 bits per heavy atom. The Kier molecular flexibility index (Phi) is 4.11. The molecular weight excluding hydrogens is 282 g/mol. The van der Waals surface area contributed by atoms with E-state index in [1.54, 1.807) is 0 Å². The summed E-state index contributed by atoms with van der Waals surface area (Å²) in [5.74, 6) is 0. The maximum atomic E-state index is 6.09. The molecule has 2 aromatic rings. The van der Waals surface area contributed by atoms with E-state index < -0.39 is 0 Å². The Bertz CT molecular complexity index is 827. The number of para-hydroxylation sites is 1. The molecule has 3 rings (SSSR count). The number of anilines is 1. The highest BCUT2D eigenvalue weighted by atomic mass is 14.9. The summed E-state index contributed by atoms with van der Waals surface area (Å²) in [5.41, 5.74) is 12.3. The fourth-order valence-corrected chi connectivity index (χ4v) is 2.39. The minimum atomic E-state index is 0.619. The molecule has 0 bridgehead atoms. The summed E-state index contributed by atoms with van der Waals surface area (Å²) in [6, 6.07) is 18.0. The van der Waals surface area contributed by atoms with E-state index in [1.807, 2.05) is 54.6 Å². The molecule has 0 atom stereocenters. The van der Waals surface area contributed by atoms with E-state index >= 15 is 0 Å². The van der Waals surface area contributed by atoms with Gasteiger partial charge >= 0.3 is 0 Å². The van der Waals surface area contributed by atoms with E-state index in [1.165, 1.54) is 5.56 Å². The number of nitrogens with two attached hydrogens (primary N) is 1. The van der Waals surface area contributed by atoms with Crippen LogP contribution in [-0.4, -0.2) is 5.71 Å². The second-order valence-corrected chi connectivity index (χ2v) is 5.51. The summed E-state index contributed by atoms with van der Waals surface area (Å²) < 4.78 is 0. The van der Waals surface area contributed by atoms with Crippen molar-refractivity contribution in [1.29, 1.82) is 0 Å². The predicted octanol–water partition coefficient (Wildman–Crippen LogP) is 4.48. The first-order valence-electron chi connectivity index (χ1n) is 7.48. The SMILES string of the molecule is C=C1C=C(N)/C(=N\c2ccccc2)C=C1Nc1cccc(C)c1. The highest BCUT2D eigenvalue weighted by Crippen LogP contribution is 2.23. The second-order valence-electron chi connectivity index (χ2n) is 5.51. The largest absolute Gasteiger partial charge is 0.397 e. The molecule has 3 nitrogen and oxygen atoms in total. The van der Waals surface area contributed by atoms with Gasteiger partial charge in [-0.2, -0.15) is 0 Å². The lowest BCUT2D eigenvalue weighted by molar-refractivity contribution is 1.33. The van der Waals surface area contributed by atoms with E-state index in [4.69, 9.17) is 5.73 Å². The average molecular weight is 301 g/mol. The van der Waals surface area contributed by atoms with Crippen molar-refractivity contribution in [1.82, 2.24) is 0 Å². The van der Waals surface area contributed by atoms with Crippen LogP contribution in [0.1, 0.15) is 5.56 Å². The van der Waals surface area contributed by atoms with Crippen molar-refractivity contribution in [2.45, 2.75) is 6.92 Å². The lowest BCUT2D eigenvalue weighted by Gasteiger charge is -2.17. The molecule has 1 aliphatic rings. The van der Waals surface area contributed by atoms with Crippen molar-refractivity contribution < 1.29 is 0 Å². The van der Waals surface area contributed by atoms with E-state index in [2.05, 4.69) is 35.9 Å². The summed E-state index contributed by atoms with van der Waals surface area (Å²) in [7, 11) is 0. The second kappa shape index (κ2) is 6.36. The third-order valence-corrected chi connectivity index (χ3v) is 3.56. The molecule has 114 valence electrons. The smallest absolute Gasteiger partial charge is 0.0887 e. The lowest BCUT2D eigenvalue weighted by Crippen LogP contribution is -2.17. The molecule has 2 aromatic carbocycles. The van der Waals surface area contributed by atoms with Crippen LogP contribution >= 0.6 is 0 Å². The number of allylic oxidation sites excluding steroid dienone is 2. The molecule has 3 N–H and O–H groups in total. The molecule has 0 saturated heterocycles. The number of nitrogens with zero attached hydrogens (tertiary/aromatic N) is 1. The molecule has 0 heterocycles. The minimum absolute atomic E-state index is 0.619. The molecule has 0 fully saturated rings. The van der Waals surface area contributed by atoms with Crippen molar-refractivity contribution in [3.8, 4) is 0 Å². The van der Waals surface area contributed by atoms with Gasteiger partial charge in [-0.15, -0.1) is 0 Å². The molecule has 0 unspecified atom stereocenters. The van der Waals surface area contributed by atoms with Gasteiger partial charge in [0.15, 0.2) is 0 Å². The summed E-state index contributed by atoms with van der Waals surface area (Å²) in [5, 5.41) is 3.39. The number of hydrogen-bond acceptors (Lipinski definition) is 3. The van der Waals surface area contributed by atoms with Gasteiger partial charge in [0.2, 0.25) is 0 Å². The normalized spacial score (nSPS) is 16.0. The zero-order valence-corrected chi connectivity index (χ0v) is 13.1. The molecule has 0 radical (unpaired) electrons. The Morgan fingerprint density at radius 2 is 1.78 bits per heavy atom. The number of nitrogens with one attached hydrogen (secondary N) is 1. The topological polar surface area (TPSA) is 50.4 Å². The maximum absolute atomic E-state index is 6.09.